The first kappa shape index (κ1) is 14.4. The lowest BCUT2D eigenvalue weighted by atomic mass is 10.1. The summed E-state index contributed by atoms with van der Waals surface area (Å²) >= 11 is 3.59. The largest absolute Gasteiger partial charge is 0.466 e. The lowest BCUT2D eigenvalue weighted by molar-refractivity contribution is -0.148. The van der Waals surface area contributed by atoms with Crippen LogP contribution in [0.1, 0.15) is 26.5 Å². The molecule has 1 aromatic rings. The molecule has 1 aromatic heterocycles. The van der Waals surface area contributed by atoms with E-state index in [4.69, 9.17) is 4.74 Å². The van der Waals surface area contributed by atoms with Crippen LogP contribution < -0.4 is 5.32 Å². The standard InChI is InChI=1S/C13H20BrN3O2/c1-4-19-13(18)9-6-15-12-11(14)10(5-8(2)3)16-17(12)7-9/h8-9,15H,4-7H2,1-3H3. The van der Waals surface area contributed by atoms with Crippen LogP contribution in [0.5, 0.6) is 0 Å². The fraction of sp³-hybridized carbons (Fsp3) is 0.692. The quantitative estimate of drug-likeness (QED) is 0.862. The number of fused-ring (bicyclic) bond motifs is 1. The minimum Gasteiger partial charge on any atom is -0.466 e. The van der Waals surface area contributed by atoms with E-state index in [0.29, 0.717) is 25.6 Å². The van der Waals surface area contributed by atoms with Crippen molar-refractivity contribution in [2.45, 2.75) is 33.7 Å². The van der Waals surface area contributed by atoms with Gasteiger partial charge in [-0.05, 0) is 35.2 Å². The van der Waals surface area contributed by atoms with Gasteiger partial charge in [0.1, 0.15) is 5.82 Å². The average Bonchev–Trinajstić information content (AvgIpc) is 2.65. The van der Waals surface area contributed by atoms with Gasteiger partial charge >= 0.3 is 5.97 Å². The predicted octanol–water partition coefficient (Wildman–Crippen LogP) is 2.45. The number of esters is 1. The lowest BCUT2D eigenvalue weighted by Gasteiger charge is -2.23. The summed E-state index contributed by atoms with van der Waals surface area (Å²) in [5, 5.41) is 7.85. The maximum absolute atomic E-state index is 11.8. The molecule has 6 heteroatoms. The molecule has 1 N–H and O–H groups in total. The van der Waals surface area contributed by atoms with Gasteiger partial charge < -0.3 is 10.1 Å². The highest BCUT2D eigenvalue weighted by atomic mass is 79.9. The third-order valence-electron chi connectivity index (χ3n) is 3.09. The van der Waals surface area contributed by atoms with Gasteiger partial charge in [0.05, 0.1) is 29.2 Å². The zero-order valence-corrected chi connectivity index (χ0v) is 13.2. The molecule has 0 spiro atoms. The van der Waals surface area contributed by atoms with Gasteiger partial charge in [-0.3, -0.25) is 4.79 Å². The maximum Gasteiger partial charge on any atom is 0.312 e. The molecule has 19 heavy (non-hydrogen) atoms. The van der Waals surface area contributed by atoms with Crippen molar-refractivity contribution in [1.29, 1.82) is 0 Å². The van der Waals surface area contributed by atoms with Crippen LogP contribution in [0.25, 0.3) is 0 Å². The molecule has 106 valence electrons. The summed E-state index contributed by atoms with van der Waals surface area (Å²) in [6.45, 7) is 7.76. The summed E-state index contributed by atoms with van der Waals surface area (Å²) in [6, 6.07) is 0. The Bertz CT molecular complexity index is 471. The van der Waals surface area contributed by atoms with Crippen LogP contribution in [0.3, 0.4) is 0 Å². The lowest BCUT2D eigenvalue weighted by Crippen LogP contribution is -2.34. The number of hydrogen-bond acceptors (Lipinski definition) is 4. The van der Waals surface area contributed by atoms with Crippen molar-refractivity contribution >= 4 is 27.7 Å². The van der Waals surface area contributed by atoms with Gasteiger partial charge in [0.15, 0.2) is 0 Å². The van der Waals surface area contributed by atoms with E-state index in [1.165, 1.54) is 0 Å². The second-order valence-electron chi connectivity index (χ2n) is 5.22. The molecule has 2 heterocycles. The molecule has 0 saturated heterocycles. The van der Waals surface area contributed by atoms with Crippen LogP contribution in [-0.2, 0) is 22.5 Å². The summed E-state index contributed by atoms with van der Waals surface area (Å²) in [5.41, 5.74) is 1.04. The topological polar surface area (TPSA) is 56.1 Å². The third kappa shape index (κ3) is 3.11. The van der Waals surface area contributed by atoms with Crippen molar-refractivity contribution in [1.82, 2.24) is 9.78 Å². The van der Waals surface area contributed by atoms with Crippen LogP contribution in [0, 0.1) is 11.8 Å². The van der Waals surface area contributed by atoms with Gasteiger partial charge in [0, 0.05) is 6.54 Å². The second kappa shape index (κ2) is 5.94. The Morgan fingerprint density at radius 2 is 2.37 bits per heavy atom. The van der Waals surface area contributed by atoms with Crippen LogP contribution >= 0.6 is 15.9 Å². The third-order valence-corrected chi connectivity index (χ3v) is 3.92. The number of rotatable bonds is 4. The number of nitrogens with one attached hydrogen (secondary N) is 1. The minimum absolute atomic E-state index is 0.155. The molecular formula is C13H20BrN3O2. The predicted molar refractivity (Wildman–Crippen MR) is 77.1 cm³/mol. The molecule has 0 fully saturated rings. The molecule has 0 aromatic carbocycles. The van der Waals surface area contributed by atoms with Gasteiger partial charge in [-0.15, -0.1) is 0 Å². The van der Waals surface area contributed by atoms with E-state index < -0.39 is 0 Å². The highest BCUT2D eigenvalue weighted by Gasteiger charge is 2.29. The SMILES string of the molecule is CCOC(=O)C1CNc2c(Br)c(CC(C)C)nn2C1. The Hall–Kier alpha value is -1.04. The average molecular weight is 330 g/mol. The van der Waals surface area contributed by atoms with E-state index >= 15 is 0 Å². The van der Waals surface area contributed by atoms with E-state index in [9.17, 15) is 4.79 Å². The van der Waals surface area contributed by atoms with Crippen LogP contribution in [-0.4, -0.2) is 28.9 Å². The molecule has 1 atom stereocenters. The highest BCUT2D eigenvalue weighted by molar-refractivity contribution is 9.10. The molecule has 0 amide bonds. The molecular weight excluding hydrogens is 310 g/mol. The van der Waals surface area contributed by atoms with Crippen molar-refractivity contribution in [2.24, 2.45) is 11.8 Å². The summed E-state index contributed by atoms with van der Waals surface area (Å²) in [7, 11) is 0. The zero-order chi connectivity index (χ0) is 14.0. The number of carbonyl (C=O) groups excluding carboxylic acids is 1. The van der Waals surface area contributed by atoms with E-state index in [0.717, 1.165) is 22.4 Å². The smallest absolute Gasteiger partial charge is 0.312 e. The monoisotopic (exact) mass is 329 g/mol. The Morgan fingerprint density at radius 1 is 1.63 bits per heavy atom. The Labute approximate surface area is 121 Å². The number of nitrogens with zero attached hydrogens (tertiary/aromatic N) is 2. The fourth-order valence-corrected chi connectivity index (χ4v) is 2.80. The van der Waals surface area contributed by atoms with Gasteiger partial charge in [0.2, 0.25) is 0 Å². The van der Waals surface area contributed by atoms with Crippen LogP contribution in [0.4, 0.5) is 5.82 Å². The molecule has 1 unspecified atom stereocenters. The van der Waals surface area contributed by atoms with Crippen molar-refractivity contribution in [3.05, 3.63) is 10.2 Å². The zero-order valence-electron chi connectivity index (χ0n) is 11.6. The first-order valence-corrected chi connectivity index (χ1v) is 7.47. The molecule has 1 aliphatic rings. The van der Waals surface area contributed by atoms with Crippen molar-refractivity contribution in [3.8, 4) is 0 Å². The number of aromatic nitrogens is 2. The van der Waals surface area contributed by atoms with Crippen molar-refractivity contribution in [2.75, 3.05) is 18.5 Å². The van der Waals surface area contributed by atoms with Crippen molar-refractivity contribution in [3.63, 3.8) is 0 Å². The molecule has 0 saturated carbocycles. The summed E-state index contributed by atoms with van der Waals surface area (Å²) in [6.07, 6.45) is 0.923. The van der Waals surface area contributed by atoms with Gasteiger partial charge in [-0.25, -0.2) is 4.68 Å². The summed E-state index contributed by atoms with van der Waals surface area (Å²) in [5.74, 6) is 1.20. The first-order valence-electron chi connectivity index (χ1n) is 6.68. The van der Waals surface area contributed by atoms with Crippen molar-refractivity contribution < 1.29 is 9.53 Å². The molecule has 0 bridgehead atoms. The highest BCUT2D eigenvalue weighted by Crippen LogP contribution is 2.31. The minimum atomic E-state index is -0.161. The van der Waals surface area contributed by atoms with E-state index in [1.54, 1.807) is 0 Å². The number of hydrogen-bond donors (Lipinski definition) is 1. The molecule has 0 aliphatic carbocycles. The summed E-state index contributed by atoms with van der Waals surface area (Å²) < 4.78 is 7.95. The Morgan fingerprint density at radius 3 is 3.00 bits per heavy atom. The Balaban J connectivity index is 2.15. The van der Waals surface area contributed by atoms with E-state index in [1.807, 2.05) is 11.6 Å². The van der Waals surface area contributed by atoms with E-state index in [2.05, 4.69) is 40.2 Å². The van der Waals surface area contributed by atoms with Gasteiger partial charge in [-0.1, -0.05) is 13.8 Å². The molecule has 2 rings (SSSR count). The number of ether oxygens (including phenoxy) is 1. The normalized spacial score (nSPS) is 18.1. The maximum atomic E-state index is 11.8. The fourth-order valence-electron chi connectivity index (χ4n) is 2.22. The van der Waals surface area contributed by atoms with Gasteiger partial charge in [0.25, 0.3) is 0 Å². The number of anilines is 1. The van der Waals surface area contributed by atoms with Gasteiger partial charge in [-0.2, -0.15) is 5.10 Å². The molecule has 0 radical (unpaired) electrons. The van der Waals surface area contributed by atoms with Crippen LogP contribution in [0.2, 0.25) is 0 Å². The Kier molecular flexibility index (Phi) is 4.50. The number of carbonyl (C=O) groups is 1. The first-order chi connectivity index (χ1) is 9.02. The van der Waals surface area contributed by atoms with E-state index in [-0.39, 0.29) is 11.9 Å². The summed E-state index contributed by atoms with van der Waals surface area (Å²) in [4.78, 5) is 11.8. The van der Waals surface area contributed by atoms with Crippen LogP contribution in [0.15, 0.2) is 4.47 Å². The molecule has 5 nitrogen and oxygen atoms in total. The molecule has 1 aliphatic heterocycles. The number of halogens is 1. The second-order valence-corrected chi connectivity index (χ2v) is 6.01.